The molecule has 0 fully saturated rings. The quantitative estimate of drug-likeness (QED) is 0.544. The Kier molecular flexibility index (Phi) is 7.67. The normalized spacial score (nSPS) is 11.3. The highest BCUT2D eigenvalue weighted by atomic mass is 35.5. The molecule has 0 saturated carbocycles. The Hall–Kier alpha value is -2.10. The highest BCUT2D eigenvalue weighted by Crippen LogP contribution is 2.32. The number of amides is 1. The topological polar surface area (TPSA) is 54.3 Å². The summed E-state index contributed by atoms with van der Waals surface area (Å²) in [5.41, 5.74) is 0.509. The summed E-state index contributed by atoms with van der Waals surface area (Å²) in [4.78, 5) is 21.1. The minimum Gasteiger partial charge on any atom is -0.309 e. The SMILES string of the molecule is CC(C)n1nccc1C(=O)N(CCCN(C)C)c1nc2c(F)cc(F)cc2s1.Cl. The van der Waals surface area contributed by atoms with Crippen molar-refractivity contribution < 1.29 is 13.6 Å². The molecule has 2 aromatic heterocycles. The number of rotatable bonds is 7. The molecular weight excluding hydrogens is 420 g/mol. The molecule has 0 saturated heterocycles. The van der Waals surface area contributed by atoms with Gasteiger partial charge in [-0.05, 0) is 53.0 Å². The molecule has 0 atom stereocenters. The first-order valence-corrected chi connectivity index (χ1v) is 9.85. The Morgan fingerprint density at radius 2 is 1.97 bits per heavy atom. The largest absolute Gasteiger partial charge is 0.309 e. The van der Waals surface area contributed by atoms with Gasteiger partial charge in [0.25, 0.3) is 5.91 Å². The van der Waals surface area contributed by atoms with Crippen molar-refractivity contribution in [2.75, 3.05) is 32.1 Å². The molecule has 6 nitrogen and oxygen atoms in total. The van der Waals surface area contributed by atoms with Gasteiger partial charge in [-0.25, -0.2) is 13.8 Å². The summed E-state index contributed by atoms with van der Waals surface area (Å²) in [5.74, 6) is -1.65. The van der Waals surface area contributed by atoms with E-state index in [-0.39, 0.29) is 29.9 Å². The van der Waals surface area contributed by atoms with E-state index in [1.165, 1.54) is 11.0 Å². The van der Waals surface area contributed by atoms with E-state index in [1.54, 1.807) is 16.9 Å². The Morgan fingerprint density at radius 3 is 2.62 bits per heavy atom. The fraction of sp³-hybridized carbons (Fsp3) is 0.421. The summed E-state index contributed by atoms with van der Waals surface area (Å²) in [7, 11) is 3.91. The molecule has 0 spiro atoms. The van der Waals surface area contributed by atoms with Crippen LogP contribution >= 0.6 is 23.7 Å². The zero-order valence-electron chi connectivity index (χ0n) is 16.7. The van der Waals surface area contributed by atoms with Gasteiger partial charge < -0.3 is 4.90 Å². The van der Waals surface area contributed by atoms with Crippen LogP contribution in [0.1, 0.15) is 36.8 Å². The number of hydrogen-bond acceptors (Lipinski definition) is 5. The zero-order valence-corrected chi connectivity index (χ0v) is 18.4. The molecule has 3 rings (SSSR count). The van der Waals surface area contributed by atoms with Crippen molar-refractivity contribution in [2.24, 2.45) is 0 Å². The first-order valence-electron chi connectivity index (χ1n) is 9.03. The minimum atomic E-state index is -0.731. The first kappa shape index (κ1) is 23.2. The average Bonchev–Trinajstić information content (AvgIpc) is 3.24. The predicted octanol–water partition coefficient (Wildman–Crippen LogP) is 4.37. The highest BCUT2D eigenvalue weighted by molar-refractivity contribution is 7.22. The summed E-state index contributed by atoms with van der Waals surface area (Å²) in [6, 6.07) is 3.71. The van der Waals surface area contributed by atoms with Gasteiger partial charge >= 0.3 is 0 Å². The van der Waals surface area contributed by atoms with Crippen molar-refractivity contribution in [2.45, 2.75) is 26.3 Å². The molecule has 10 heteroatoms. The Balaban J connectivity index is 0.00000300. The van der Waals surface area contributed by atoms with E-state index in [9.17, 15) is 13.6 Å². The van der Waals surface area contributed by atoms with Gasteiger partial charge in [-0.3, -0.25) is 14.4 Å². The third-order valence-electron chi connectivity index (χ3n) is 4.24. The van der Waals surface area contributed by atoms with Crippen LogP contribution in [0.2, 0.25) is 0 Å². The Labute approximate surface area is 178 Å². The average molecular weight is 444 g/mol. The van der Waals surface area contributed by atoms with Crippen LogP contribution in [0, 0.1) is 11.6 Å². The van der Waals surface area contributed by atoms with E-state index >= 15 is 0 Å². The minimum absolute atomic E-state index is 0. The fourth-order valence-electron chi connectivity index (χ4n) is 2.92. The molecule has 0 radical (unpaired) electrons. The van der Waals surface area contributed by atoms with Gasteiger partial charge in [0.05, 0.1) is 4.70 Å². The number of fused-ring (bicyclic) bond motifs is 1. The van der Waals surface area contributed by atoms with E-state index < -0.39 is 11.6 Å². The molecule has 0 aliphatic heterocycles. The van der Waals surface area contributed by atoms with Gasteiger partial charge in [-0.2, -0.15) is 5.10 Å². The van der Waals surface area contributed by atoms with Gasteiger partial charge in [0.1, 0.15) is 17.0 Å². The molecule has 0 N–H and O–H groups in total. The first-order chi connectivity index (χ1) is 13.3. The summed E-state index contributed by atoms with van der Waals surface area (Å²) in [6.07, 6.45) is 2.29. The number of nitrogens with zero attached hydrogens (tertiary/aromatic N) is 5. The van der Waals surface area contributed by atoms with Crippen LogP contribution in [0.4, 0.5) is 13.9 Å². The third kappa shape index (κ3) is 5.09. The van der Waals surface area contributed by atoms with Crippen LogP contribution in [-0.4, -0.2) is 52.8 Å². The molecule has 29 heavy (non-hydrogen) atoms. The number of thiazole rings is 1. The molecule has 0 bridgehead atoms. The number of halogens is 3. The highest BCUT2D eigenvalue weighted by Gasteiger charge is 2.25. The lowest BCUT2D eigenvalue weighted by atomic mass is 10.3. The smallest absolute Gasteiger partial charge is 0.278 e. The second-order valence-corrected chi connectivity index (χ2v) is 8.11. The van der Waals surface area contributed by atoms with Crippen LogP contribution < -0.4 is 4.90 Å². The molecule has 158 valence electrons. The number of carbonyl (C=O) groups excluding carboxylic acids is 1. The maximum absolute atomic E-state index is 14.1. The number of benzene rings is 1. The fourth-order valence-corrected chi connectivity index (χ4v) is 3.95. The third-order valence-corrected chi connectivity index (χ3v) is 5.27. The van der Waals surface area contributed by atoms with Crippen molar-refractivity contribution in [3.63, 3.8) is 0 Å². The Morgan fingerprint density at radius 1 is 1.24 bits per heavy atom. The monoisotopic (exact) mass is 443 g/mol. The second kappa shape index (κ2) is 9.60. The van der Waals surface area contributed by atoms with E-state index in [4.69, 9.17) is 0 Å². The van der Waals surface area contributed by atoms with E-state index in [0.717, 1.165) is 23.9 Å². The number of aromatic nitrogens is 3. The molecule has 2 heterocycles. The van der Waals surface area contributed by atoms with Crippen molar-refractivity contribution in [3.8, 4) is 0 Å². The van der Waals surface area contributed by atoms with Gasteiger partial charge in [0, 0.05) is 24.8 Å². The standard InChI is InChI=1S/C19H23F2N5OS.ClH/c1-12(2)26-15(6-7-22-26)18(27)25(9-5-8-24(3)4)19-23-17-14(21)10-13(20)11-16(17)28-19;/h6-7,10-12H,5,8-9H2,1-4H3;1H. The molecule has 1 aromatic carbocycles. The van der Waals surface area contributed by atoms with Crippen LogP contribution in [0.3, 0.4) is 0 Å². The van der Waals surface area contributed by atoms with E-state index in [2.05, 4.69) is 10.1 Å². The summed E-state index contributed by atoms with van der Waals surface area (Å²) in [5, 5.41) is 4.57. The van der Waals surface area contributed by atoms with Crippen molar-refractivity contribution >= 4 is 45.0 Å². The van der Waals surface area contributed by atoms with Gasteiger partial charge in [0.2, 0.25) is 0 Å². The lowest BCUT2D eigenvalue weighted by Crippen LogP contribution is -2.35. The molecule has 3 aromatic rings. The maximum atomic E-state index is 14.1. The van der Waals surface area contributed by atoms with E-state index in [1.807, 2.05) is 32.8 Å². The Bertz CT molecular complexity index is 988. The maximum Gasteiger partial charge on any atom is 0.278 e. The second-order valence-electron chi connectivity index (χ2n) is 7.10. The van der Waals surface area contributed by atoms with Crippen molar-refractivity contribution in [1.29, 1.82) is 0 Å². The van der Waals surface area contributed by atoms with Crippen LogP contribution in [0.5, 0.6) is 0 Å². The summed E-state index contributed by atoms with van der Waals surface area (Å²) < 4.78 is 29.7. The summed E-state index contributed by atoms with van der Waals surface area (Å²) in [6.45, 7) is 5.07. The van der Waals surface area contributed by atoms with Crippen LogP contribution in [0.15, 0.2) is 24.4 Å². The molecule has 0 aliphatic rings. The van der Waals surface area contributed by atoms with Gasteiger partial charge in [-0.15, -0.1) is 12.4 Å². The lowest BCUT2D eigenvalue weighted by Gasteiger charge is -2.22. The van der Waals surface area contributed by atoms with Gasteiger partial charge in [-0.1, -0.05) is 11.3 Å². The lowest BCUT2D eigenvalue weighted by molar-refractivity contribution is 0.0974. The molecule has 0 aliphatic carbocycles. The van der Waals surface area contributed by atoms with Gasteiger partial charge in [0.15, 0.2) is 10.9 Å². The predicted molar refractivity (Wildman–Crippen MR) is 114 cm³/mol. The van der Waals surface area contributed by atoms with E-state index in [0.29, 0.717) is 28.5 Å². The number of hydrogen-bond donors (Lipinski definition) is 0. The van der Waals surface area contributed by atoms with Crippen molar-refractivity contribution in [1.82, 2.24) is 19.7 Å². The van der Waals surface area contributed by atoms with Crippen molar-refractivity contribution in [3.05, 3.63) is 41.7 Å². The molecule has 0 unspecified atom stereocenters. The summed E-state index contributed by atoms with van der Waals surface area (Å²) >= 11 is 1.10. The number of anilines is 1. The molecule has 1 amide bonds. The number of carbonyl (C=O) groups is 1. The van der Waals surface area contributed by atoms with Crippen LogP contribution in [-0.2, 0) is 0 Å². The van der Waals surface area contributed by atoms with Crippen LogP contribution in [0.25, 0.3) is 10.2 Å². The zero-order chi connectivity index (χ0) is 20.4. The molecular formula is C19H24ClF2N5OS.